The third-order valence-corrected chi connectivity index (χ3v) is 2.51. The molecule has 0 aliphatic heterocycles. The number of nitrogens with zero attached hydrogens (tertiary/aromatic N) is 1. The molecule has 1 heterocycles. The molecule has 2 N–H and O–H groups in total. The fourth-order valence-corrected chi connectivity index (χ4v) is 1.49. The molecule has 0 saturated heterocycles. The smallest absolute Gasteiger partial charge is 0.339 e. The van der Waals surface area contributed by atoms with Gasteiger partial charge < -0.3 is 19.9 Å². The molecule has 1 unspecified atom stereocenters. The van der Waals surface area contributed by atoms with Gasteiger partial charge in [0.05, 0.1) is 12.2 Å². The average Bonchev–Trinajstić information content (AvgIpc) is 2.44. The summed E-state index contributed by atoms with van der Waals surface area (Å²) in [5.74, 6) is -1.07. The predicted octanol–water partition coefficient (Wildman–Crippen LogP) is 1.16. The van der Waals surface area contributed by atoms with Crippen LogP contribution in [-0.4, -0.2) is 48.4 Å². The maximum absolute atomic E-state index is 11.4. The van der Waals surface area contributed by atoms with Crippen molar-refractivity contribution >= 4 is 17.8 Å². The highest BCUT2D eigenvalue weighted by molar-refractivity contribution is 5.89. The quantitative estimate of drug-likeness (QED) is 0.690. The molecule has 0 fully saturated rings. The van der Waals surface area contributed by atoms with Crippen LogP contribution in [0.25, 0.3) is 0 Å². The summed E-state index contributed by atoms with van der Waals surface area (Å²) in [5, 5.41) is 11.8. The summed E-state index contributed by atoms with van der Waals surface area (Å²) in [4.78, 5) is 26.5. The van der Waals surface area contributed by atoms with Crippen LogP contribution in [0.15, 0.2) is 18.3 Å². The molecule has 0 aliphatic rings. The monoisotopic (exact) mass is 282 g/mol. The molecular weight excluding hydrogens is 264 g/mol. The number of hydrogen-bond donors (Lipinski definition) is 2. The first-order chi connectivity index (χ1) is 9.58. The third-order valence-electron chi connectivity index (χ3n) is 2.51. The lowest BCUT2D eigenvalue weighted by atomic mass is 10.2. The summed E-state index contributed by atoms with van der Waals surface area (Å²) in [7, 11) is 1.51. The summed E-state index contributed by atoms with van der Waals surface area (Å²) >= 11 is 0. The normalized spacial score (nSPS) is 11.7. The number of rotatable bonds is 8. The standard InChI is InChI=1S/C13H18N2O5/c1-3-20-13(18)9-4-5-11(14-8-9)15-10(12(16)17)6-7-19-2/h4-5,8,10H,3,6-7H2,1-2H3,(H,14,15)(H,16,17). The topological polar surface area (TPSA) is 97.8 Å². The molecule has 0 amide bonds. The number of nitrogens with one attached hydrogen (secondary N) is 1. The SMILES string of the molecule is CCOC(=O)c1ccc(NC(CCOC)C(=O)O)nc1. The molecule has 7 heteroatoms. The van der Waals surface area contributed by atoms with Gasteiger partial charge in [-0.15, -0.1) is 0 Å². The number of hydrogen-bond acceptors (Lipinski definition) is 6. The van der Waals surface area contributed by atoms with Gasteiger partial charge >= 0.3 is 11.9 Å². The Hall–Kier alpha value is -2.15. The Balaban J connectivity index is 2.67. The van der Waals surface area contributed by atoms with Crippen LogP contribution < -0.4 is 5.32 Å². The number of ether oxygens (including phenoxy) is 2. The van der Waals surface area contributed by atoms with E-state index in [9.17, 15) is 9.59 Å². The summed E-state index contributed by atoms with van der Waals surface area (Å²) in [6.45, 7) is 2.33. The van der Waals surface area contributed by atoms with Gasteiger partial charge in [-0.1, -0.05) is 0 Å². The van der Waals surface area contributed by atoms with Crippen LogP contribution in [0.2, 0.25) is 0 Å². The zero-order valence-electron chi connectivity index (χ0n) is 11.5. The van der Waals surface area contributed by atoms with Gasteiger partial charge in [-0.3, -0.25) is 0 Å². The van der Waals surface area contributed by atoms with Crippen molar-refractivity contribution in [2.24, 2.45) is 0 Å². The molecule has 1 aromatic heterocycles. The van der Waals surface area contributed by atoms with Crippen molar-refractivity contribution in [3.8, 4) is 0 Å². The molecule has 0 saturated carbocycles. The summed E-state index contributed by atoms with van der Waals surface area (Å²) in [6, 6.07) is 2.27. The first-order valence-corrected chi connectivity index (χ1v) is 6.20. The van der Waals surface area contributed by atoms with Gasteiger partial charge in [-0.2, -0.15) is 0 Å². The van der Waals surface area contributed by atoms with Crippen molar-refractivity contribution in [1.82, 2.24) is 4.98 Å². The molecule has 0 aliphatic carbocycles. The van der Waals surface area contributed by atoms with Gasteiger partial charge in [0.2, 0.25) is 0 Å². The number of aromatic nitrogens is 1. The molecule has 1 aromatic rings. The van der Waals surface area contributed by atoms with Crippen LogP contribution in [0.3, 0.4) is 0 Å². The maximum atomic E-state index is 11.4. The summed E-state index contributed by atoms with van der Waals surface area (Å²) < 4.78 is 9.68. The van der Waals surface area contributed by atoms with E-state index in [1.807, 2.05) is 0 Å². The molecule has 1 rings (SSSR count). The highest BCUT2D eigenvalue weighted by atomic mass is 16.5. The fraction of sp³-hybridized carbons (Fsp3) is 0.462. The van der Waals surface area contributed by atoms with Gasteiger partial charge in [0.25, 0.3) is 0 Å². The van der Waals surface area contributed by atoms with E-state index in [2.05, 4.69) is 10.3 Å². The van der Waals surface area contributed by atoms with Crippen molar-refractivity contribution in [3.63, 3.8) is 0 Å². The maximum Gasteiger partial charge on any atom is 0.339 e. The van der Waals surface area contributed by atoms with Gasteiger partial charge in [0, 0.05) is 26.3 Å². The van der Waals surface area contributed by atoms with Crippen LogP contribution in [0, 0.1) is 0 Å². The lowest BCUT2D eigenvalue weighted by molar-refractivity contribution is -0.138. The van der Waals surface area contributed by atoms with Gasteiger partial charge in [0.15, 0.2) is 0 Å². The molecule has 0 spiro atoms. The van der Waals surface area contributed by atoms with E-state index >= 15 is 0 Å². The number of carbonyl (C=O) groups is 2. The molecular formula is C13H18N2O5. The lowest BCUT2D eigenvalue weighted by Gasteiger charge is -2.14. The third kappa shape index (κ3) is 4.85. The van der Waals surface area contributed by atoms with Crippen molar-refractivity contribution < 1.29 is 24.2 Å². The van der Waals surface area contributed by atoms with E-state index in [4.69, 9.17) is 14.6 Å². The van der Waals surface area contributed by atoms with E-state index < -0.39 is 18.0 Å². The van der Waals surface area contributed by atoms with Crippen LogP contribution in [-0.2, 0) is 14.3 Å². The average molecular weight is 282 g/mol. The number of carboxylic acid groups (broad SMARTS) is 1. The van der Waals surface area contributed by atoms with Crippen molar-refractivity contribution in [2.45, 2.75) is 19.4 Å². The minimum absolute atomic E-state index is 0.289. The minimum atomic E-state index is -0.988. The number of carbonyl (C=O) groups excluding carboxylic acids is 1. The molecule has 7 nitrogen and oxygen atoms in total. The Labute approximate surface area is 116 Å². The van der Waals surface area contributed by atoms with E-state index in [1.165, 1.54) is 25.4 Å². The summed E-state index contributed by atoms with van der Waals surface area (Å²) in [5.41, 5.74) is 0.321. The van der Waals surface area contributed by atoms with Crippen LogP contribution in [0.1, 0.15) is 23.7 Å². The van der Waals surface area contributed by atoms with E-state index in [0.717, 1.165) is 0 Å². The summed E-state index contributed by atoms with van der Waals surface area (Å²) in [6.07, 6.45) is 1.66. The number of carboxylic acids is 1. The van der Waals surface area contributed by atoms with Gasteiger partial charge in [-0.05, 0) is 19.1 Å². The Bertz CT molecular complexity index is 447. The Morgan fingerprint density at radius 2 is 2.20 bits per heavy atom. The second-order valence-corrected chi connectivity index (χ2v) is 3.97. The van der Waals surface area contributed by atoms with Crippen LogP contribution >= 0.6 is 0 Å². The van der Waals surface area contributed by atoms with Crippen LogP contribution in [0.4, 0.5) is 5.82 Å². The van der Waals surface area contributed by atoms with E-state index in [0.29, 0.717) is 24.4 Å². The van der Waals surface area contributed by atoms with Crippen molar-refractivity contribution in [3.05, 3.63) is 23.9 Å². The Morgan fingerprint density at radius 3 is 2.70 bits per heavy atom. The Morgan fingerprint density at radius 1 is 1.45 bits per heavy atom. The first-order valence-electron chi connectivity index (χ1n) is 6.20. The molecule has 20 heavy (non-hydrogen) atoms. The molecule has 0 bridgehead atoms. The second kappa shape index (κ2) is 8.11. The number of pyridine rings is 1. The second-order valence-electron chi connectivity index (χ2n) is 3.97. The zero-order valence-corrected chi connectivity index (χ0v) is 11.5. The van der Waals surface area contributed by atoms with Gasteiger partial charge in [-0.25, -0.2) is 14.6 Å². The number of anilines is 1. The molecule has 110 valence electrons. The first kappa shape index (κ1) is 15.9. The van der Waals surface area contributed by atoms with Crippen molar-refractivity contribution in [1.29, 1.82) is 0 Å². The Kier molecular flexibility index (Phi) is 6.45. The number of methoxy groups -OCH3 is 1. The fourth-order valence-electron chi connectivity index (χ4n) is 1.49. The predicted molar refractivity (Wildman–Crippen MR) is 71.7 cm³/mol. The number of esters is 1. The molecule has 0 radical (unpaired) electrons. The molecule has 1 atom stereocenters. The highest BCUT2D eigenvalue weighted by Gasteiger charge is 2.17. The van der Waals surface area contributed by atoms with Gasteiger partial charge in [0.1, 0.15) is 11.9 Å². The van der Waals surface area contributed by atoms with Crippen LogP contribution in [0.5, 0.6) is 0 Å². The lowest BCUT2D eigenvalue weighted by Crippen LogP contribution is -2.30. The minimum Gasteiger partial charge on any atom is -0.480 e. The largest absolute Gasteiger partial charge is 0.480 e. The van der Waals surface area contributed by atoms with E-state index in [1.54, 1.807) is 6.92 Å². The highest BCUT2D eigenvalue weighted by Crippen LogP contribution is 2.09. The van der Waals surface area contributed by atoms with E-state index in [-0.39, 0.29) is 6.61 Å². The molecule has 0 aromatic carbocycles. The van der Waals surface area contributed by atoms with Crippen molar-refractivity contribution in [2.75, 3.05) is 25.6 Å². The number of aliphatic carboxylic acids is 1. The zero-order chi connectivity index (χ0) is 15.0.